The summed E-state index contributed by atoms with van der Waals surface area (Å²) < 4.78 is 0.848. The molecule has 0 radical (unpaired) electrons. The molecule has 0 aliphatic carbocycles. The van der Waals surface area contributed by atoms with E-state index in [1.165, 1.54) is 0 Å². The van der Waals surface area contributed by atoms with Crippen molar-refractivity contribution in [3.8, 4) is 0 Å². The smallest absolute Gasteiger partial charge is 0.321 e. The van der Waals surface area contributed by atoms with E-state index in [9.17, 15) is 4.79 Å². The minimum absolute atomic E-state index is 0.0632. The normalized spacial score (nSPS) is 15.8. The van der Waals surface area contributed by atoms with Crippen molar-refractivity contribution in [2.24, 2.45) is 0 Å². The lowest BCUT2D eigenvalue weighted by atomic mass is 10.2. The molecule has 1 aromatic carbocycles. The summed E-state index contributed by atoms with van der Waals surface area (Å²) in [6.07, 6.45) is 0. The van der Waals surface area contributed by atoms with Crippen LogP contribution in [-0.2, 0) is 0 Å². The Hall–Kier alpha value is -1.23. The molecule has 0 bridgehead atoms. The first-order valence-electron chi connectivity index (χ1n) is 4.29. The largest absolute Gasteiger partial charge is 0.398 e. The van der Waals surface area contributed by atoms with Gasteiger partial charge in [0.05, 0.1) is 0 Å². The van der Waals surface area contributed by atoms with Crippen LogP contribution in [-0.4, -0.2) is 19.1 Å². The maximum absolute atomic E-state index is 11.3. The highest BCUT2D eigenvalue weighted by atomic mass is 79.9. The molecule has 4 nitrogen and oxygen atoms in total. The second-order valence-electron chi connectivity index (χ2n) is 3.09. The van der Waals surface area contributed by atoms with Crippen molar-refractivity contribution < 1.29 is 4.79 Å². The van der Waals surface area contributed by atoms with Crippen LogP contribution < -0.4 is 16.0 Å². The number of anilines is 2. The standard InChI is InChI=1S/C9H10BrN3O/c10-7-2-1-6(5-8(7)11)13-4-3-12-9(13)14/h1-2,5H,3-4,11H2,(H,12,14). The van der Waals surface area contributed by atoms with E-state index >= 15 is 0 Å². The van der Waals surface area contributed by atoms with Crippen molar-refractivity contribution in [1.29, 1.82) is 0 Å². The monoisotopic (exact) mass is 255 g/mol. The molecule has 14 heavy (non-hydrogen) atoms. The van der Waals surface area contributed by atoms with Crippen molar-refractivity contribution in [2.45, 2.75) is 0 Å². The van der Waals surface area contributed by atoms with Gasteiger partial charge in [0.25, 0.3) is 0 Å². The van der Waals surface area contributed by atoms with Crippen molar-refractivity contribution in [2.75, 3.05) is 23.7 Å². The molecule has 2 amide bonds. The van der Waals surface area contributed by atoms with Crippen LogP contribution >= 0.6 is 15.9 Å². The number of carbonyl (C=O) groups excluding carboxylic acids is 1. The van der Waals surface area contributed by atoms with Crippen LogP contribution in [0.2, 0.25) is 0 Å². The Balaban J connectivity index is 2.32. The molecule has 5 heteroatoms. The fraction of sp³-hybridized carbons (Fsp3) is 0.222. The molecule has 0 unspecified atom stereocenters. The van der Waals surface area contributed by atoms with Crippen molar-refractivity contribution in [3.05, 3.63) is 22.7 Å². The van der Waals surface area contributed by atoms with E-state index in [4.69, 9.17) is 5.73 Å². The van der Waals surface area contributed by atoms with Gasteiger partial charge in [-0.15, -0.1) is 0 Å². The molecule has 1 aromatic rings. The fourth-order valence-corrected chi connectivity index (χ4v) is 1.66. The first-order valence-corrected chi connectivity index (χ1v) is 5.08. The van der Waals surface area contributed by atoms with Gasteiger partial charge in [0.1, 0.15) is 0 Å². The SMILES string of the molecule is Nc1cc(N2CCNC2=O)ccc1Br. The highest BCUT2D eigenvalue weighted by molar-refractivity contribution is 9.10. The molecule has 0 aromatic heterocycles. The quantitative estimate of drug-likeness (QED) is 0.749. The van der Waals surface area contributed by atoms with Gasteiger partial charge in [-0.25, -0.2) is 4.79 Å². The number of halogens is 1. The van der Waals surface area contributed by atoms with E-state index in [-0.39, 0.29) is 6.03 Å². The summed E-state index contributed by atoms with van der Waals surface area (Å²) >= 11 is 3.31. The molecule has 1 fully saturated rings. The molecule has 0 spiro atoms. The number of nitrogen functional groups attached to an aromatic ring is 1. The van der Waals surface area contributed by atoms with Crippen LogP contribution in [0.15, 0.2) is 22.7 Å². The first-order chi connectivity index (χ1) is 6.68. The van der Waals surface area contributed by atoms with Crippen molar-refractivity contribution in [3.63, 3.8) is 0 Å². The molecule has 74 valence electrons. The Kier molecular flexibility index (Phi) is 2.33. The minimum atomic E-state index is -0.0632. The van der Waals surface area contributed by atoms with Crippen LogP contribution in [0.1, 0.15) is 0 Å². The zero-order valence-corrected chi connectivity index (χ0v) is 9.04. The number of rotatable bonds is 1. The number of nitrogens with two attached hydrogens (primary N) is 1. The summed E-state index contributed by atoms with van der Waals surface area (Å²) in [5.41, 5.74) is 7.20. The van der Waals surface area contributed by atoms with Gasteiger partial charge in [-0.2, -0.15) is 0 Å². The molecular weight excluding hydrogens is 246 g/mol. The van der Waals surface area contributed by atoms with Crippen LogP contribution in [0, 0.1) is 0 Å². The third-order valence-corrected chi connectivity index (χ3v) is 2.87. The Morgan fingerprint density at radius 1 is 1.50 bits per heavy atom. The van der Waals surface area contributed by atoms with Crippen LogP contribution in [0.3, 0.4) is 0 Å². The maximum Gasteiger partial charge on any atom is 0.321 e. The number of hydrogen-bond acceptors (Lipinski definition) is 2. The van der Waals surface area contributed by atoms with Gasteiger partial charge in [-0.3, -0.25) is 4.90 Å². The van der Waals surface area contributed by atoms with Crippen molar-refractivity contribution in [1.82, 2.24) is 5.32 Å². The van der Waals surface area contributed by atoms with Gasteiger partial charge < -0.3 is 11.1 Å². The summed E-state index contributed by atoms with van der Waals surface area (Å²) in [5, 5.41) is 2.74. The van der Waals surface area contributed by atoms with E-state index < -0.39 is 0 Å². The van der Waals surface area contributed by atoms with E-state index in [1.54, 1.807) is 11.0 Å². The Bertz CT molecular complexity index is 380. The summed E-state index contributed by atoms with van der Waals surface area (Å²) in [7, 11) is 0. The molecular formula is C9H10BrN3O. The molecule has 1 heterocycles. The number of carbonyl (C=O) groups is 1. The molecule has 1 aliphatic heterocycles. The summed E-state index contributed by atoms with van der Waals surface area (Å²) in [5.74, 6) is 0. The van der Waals surface area contributed by atoms with Gasteiger partial charge in [-0.1, -0.05) is 0 Å². The minimum Gasteiger partial charge on any atom is -0.398 e. The lowest BCUT2D eigenvalue weighted by molar-refractivity contribution is 0.252. The number of hydrogen-bond donors (Lipinski definition) is 2. The second kappa shape index (κ2) is 3.49. The summed E-state index contributed by atoms with van der Waals surface area (Å²) in [4.78, 5) is 13.0. The van der Waals surface area contributed by atoms with Gasteiger partial charge in [0.15, 0.2) is 0 Å². The highest BCUT2D eigenvalue weighted by Crippen LogP contribution is 2.26. The third-order valence-electron chi connectivity index (χ3n) is 2.15. The predicted molar refractivity (Wildman–Crippen MR) is 59.3 cm³/mol. The average Bonchev–Trinajstić information content (AvgIpc) is 2.57. The van der Waals surface area contributed by atoms with Crippen molar-refractivity contribution >= 4 is 33.3 Å². The average molecular weight is 256 g/mol. The highest BCUT2D eigenvalue weighted by Gasteiger charge is 2.21. The topological polar surface area (TPSA) is 58.4 Å². The first kappa shape index (κ1) is 9.33. The number of nitrogens with zero attached hydrogens (tertiary/aromatic N) is 1. The Morgan fingerprint density at radius 2 is 2.29 bits per heavy atom. The maximum atomic E-state index is 11.3. The fourth-order valence-electron chi connectivity index (χ4n) is 1.42. The van der Waals surface area contributed by atoms with Gasteiger partial charge in [0, 0.05) is 28.9 Å². The summed E-state index contributed by atoms with van der Waals surface area (Å²) in [6, 6.07) is 5.43. The molecule has 3 N–H and O–H groups in total. The predicted octanol–water partition coefficient (Wildman–Crippen LogP) is 1.56. The van der Waals surface area contributed by atoms with E-state index in [1.807, 2.05) is 12.1 Å². The van der Waals surface area contributed by atoms with E-state index in [0.29, 0.717) is 18.8 Å². The zero-order valence-electron chi connectivity index (χ0n) is 7.46. The van der Waals surface area contributed by atoms with Gasteiger partial charge in [-0.05, 0) is 34.1 Å². The van der Waals surface area contributed by atoms with Gasteiger partial charge >= 0.3 is 6.03 Å². The van der Waals surface area contributed by atoms with E-state index in [2.05, 4.69) is 21.2 Å². The lowest BCUT2D eigenvalue weighted by Crippen LogP contribution is -2.27. The van der Waals surface area contributed by atoms with Crippen LogP contribution in [0.5, 0.6) is 0 Å². The zero-order chi connectivity index (χ0) is 10.1. The third kappa shape index (κ3) is 1.55. The molecule has 0 saturated carbocycles. The number of urea groups is 1. The van der Waals surface area contributed by atoms with Crippen LogP contribution in [0.4, 0.5) is 16.2 Å². The molecule has 0 atom stereocenters. The van der Waals surface area contributed by atoms with Gasteiger partial charge in [0.2, 0.25) is 0 Å². The number of benzene rings is 1. The van der Waals surface area contributed by atoms with Crippen LogP contribution in [0.25, 0.3) is 0 Å². The number of nitrogens with one attached hydrogen (secondary N) is 1. The second-order valence-corrected chi connectivity index (χ2v) is 3.94. The lowest BCUT2D eigenvalue weighted by Gasteiger charge is -2.14. The molecule has 2 rings (SSSR count). The molecule has 1 saturated heterocycles. The number of amides is 2. The Morgan fingerprint density at radius 3 is 2.86 bits per heavy atom. The summed E-state index contributed by atoms with van der Waals surface area (Å²) in [6.45, 7) is 1.38. The van der Waals surface area contributed by atoms with E-state index in [0.717, 1.165) is 10.2 Å². The Labute approximate surface area is 90.2 Å². The molecule has 1 aliphatic rings.